The molecule has 1 aliphatic carbocycles. The van der Waals surface area contributed by atoms with Gasteiger partial charge in [0, 0.05) is 94.5 Å². The molecule has 0 spiro atoms. The quantitative estimate of drug-likeness (QED) is 0.0779. The number of piperidine rings is 2. The van der Waals surface area contributed by atoms with Gasteiger partial charge in [0.05, 0.1) is 41.3 Å². The van der Waals surface area contributed by atoms with Crippen molar-refractivity contribution in [1.82, 2.24) is 30.0 Å². The molecule has 1 saturated carbocycles. The van der Waals surface area contributed by atoms with Crippen LogP contribution in [0.25, 0.3) is 10.9 Å². The van der Waals surface area contributed by atoms with Crippen LogP contribution in [-0.4, -0.2) is 132 Å². The van der Waals surface area contributed by atoms with Crippen LogP contribution in [0.4, 0.5) is 27.1 Å². The molecule has 1 unspecified atom stereocenters. The molecule has 5 aromatic rings. The second kappa shape index (κ2) is 19.5. The van der Waals surface area contributed by atoms with Crippen LogP contribution in [0.15, 0.2) is 85.3 Å². The topological polar surface area (TPSA) is 208 Å². The first-order valence-corrected chi connectivity index (χ1v) is 23.7. The van der Waals surface area contributed by atoms with Crippen LogP contribution in [0.1, 0.15) is 59.2 Å². The SMILES string of the molecule is COc1cc2c(Oc3ccc(NC(=O)C4(C(=O)Nc5ccc(F)cc5)CC4)cc3)ccnc2cc1N1CCC(CN2CCN(CCNc3cncc4c3C(=O)N(C3CCC(=O)NC3=O)C4=O)CC2)CC1. The van der Waals surface area contributed by atoms with E-state index >= 15 is 0 Å². The monoisotopic (exact) mass is 952 g/mol. The number of hydrogen-bond donors (Lipinski definition) is 4. The lowest BCUT2D eigenvalue weighted by atomic mass is 9.95. The maximum atomic E-state index is 13.5. The molecule has 2 aromatic heterocycles. The number of anilines is 4. The van der Waals surface area contributed by atoms with E-state index in [-0.39, 0.29) is 24.0 Å². The van der Waals surface area contributed by atoms with Crippen molar-refractivity contribution in [3.8, 4) is 17.2 Å². The molecule has 3 saturated heterocycles. The lowest BCUT2D eigenvalue weighted by molar-refractivity contribution is -0.136. The van der Waals surface area contributed by atoms with E-state index in [0.29, 0.717) is 53.9 Å². The number of amides is 6. The Morgan fingerprint density at radius 1 is 0.814 bits per heavy atom. The van der Waals surface area contributed by atoms with Crippen molar-refractivity contribution in [2.24, 2.45) is 11.3 Å². The van der Waals surface area contributed by atoms with Gasteiger partial charge < -0.3 is 35.2 Å². The molecule has 4 fully saturated rings. The van der Waals surface area contributed by atoms with Crippen molar-refractivity contribution < 1.29 is 42.6 Å². The first-order valence-electron chi connectivity index (χ1n) is 23.7. The van der Waals surface area contributed by atoms with Gasteiger partial charge in [0.2, 0.25) is 23.6 Å². The van der Waals surface area contributed by atoms with E-state index in [1.807, 2.05) is 6.07 Å². The molecule has 18 nitrogen and oxygen atoms in total. The number of ether oxygens (including phenoxy) is 2. The highest BCUT2D eigenvalue weighted by atomic mass is 19.1. The predicted molar refractivity (Wildman–Crippen MR) is 257 cm³/mol. The molecule has 19 heteroatoms. The van der Waals surface area contributed by atoms with Crippen LogP contribution in [0.3, 0.4) is 0 Å². The standard InChI is InChI=1S/C51H53FN10O8/c1-69-43-26-36-38(54-17-12-42(36)70-35-8-6-34(7-9-35)57-50(68)51(15-16-51)49(67)56-33-4-2-32(52)3-5-33)27-41(43)61-19-13-31(14-20-61)30-60-24-22-59(23-25-60)21-18-55-39-29-53-28-37-45(39)48(66)62(47(37)65)40-10-11-44(63)58-46(40)64/h2-9,12,17,26-29,31,40,55H,10-11,13-16,18-25,30H2,1H3,(H,56,67)(H,57,68)(H,58,63,64). The normalized spacial score (nSPS) is 19.4. The lowest BCUT2D eigenvalue weighted by Crippen LogP contribution is -2.54. The van der Waals surface area contributed by atoms with E-state index in [9.17, 15) is 33.2 Å². The van der Waals surface area contributed by atoms with Gasteiger partial charge in [0.1, 0.15) is 34.5 Å². The number of halogens is 1. The molecule has 4 aliphatic heterocycles. The highest BCUT2D eigenvalue weighted by Crippen LogP contribution is 2.48. The second-order valence-corrected chi connectivity index (χ2v) is 18.5. The Morgan fingerprint density at radius 3 is 2.17 bits per heavy atom. The highest BCUT2D eigenvalue weighted by molar-refractivity contribution is 6.25. The van der Waals surface area contributed by atoms with Gasteiger partial charge >= 0.3 is 0 Å². The third kappa shape index (κ3) is 9.45. The summed E-state index contributed by atoms with van der Waals surface area (Å²) in [5, 5.41) is 11.9. The first-order chi connectivity index (χ1) is 34.0. The lowest BCUT2D eigenvalue weighted by Gasteiger charge is -2.39. The number of piperazine rings is 1. The van der Waals surface area contributed by atoms with Crippen LogP contribution >= 0.6 is 0 Å². The van der Waals surface area contributed by atoms with E-state index in [1.165, 1.54) is 36.7 Å². The Morgan fingerprint density at radius 2 is 1.50 bits per heavy atom. The van der Waals surface area contributed by atoms with Gasteiger partial charge in [-0.1, -0.05) is 0 Å². The Hall–Kier alpha value is -7.51. The molecule has 0 radical (unpaired) electrons. The molecule has 10 rings (SSSR count). The van der Waals surface area contributed by atoms with E-state index in [4.69, 9.17) is 9.47 Å². The number of rotatable bonds is 15. The summed E-state index contributed by atoms with van der Waals surface area (Å²) >= 11 is 0. The fraction of sp³-hybridized carbons (Fsp3) is 0.373. The molecular formula is C51H53FN10O8. The number of pyridine rings is 2. The number of aromatic nitrogens is 2. The summed E-state index contributed by atoms with van der Waals surface area (Å²) in [6.45, 7) is 7.81. The number of carbonyl (C=O) groups is 6. The molecule has 3 aromatic carbocycles. The summed E-state index contributed by atoms with van der Waals surface area (Å²) in [5.74, 6) is -0.991. The predicted octanol–water partition coefficient (Wildman–Crippen LogP) is 5.27. The number of methoxy groups -OCH3 is 1. The average molecular weight is 953 g/mol. The fourth-order valence-corrected chi connectivity index (χ4v) is 9.89. The number of hydrogen-bond acceptors (Lipinski definition) is 14. The molecule has 0 bridgehead atoms. The number of nitrogens with zero attached hydrogens (tertiary/aromatic N) is 6. The van der Waals surface area contributed by atoms with Crippen molar-refractivity contribution in [1.29, 1.82) is 0 Å². The Balaban J connectivity index is 0.681. The Bertz CT molecular complexity index is 2860. The minimum Gasteiger partial charge on any atom is -0.495 e. The van der Waals surface area contributed by atoms with E-state index in [1.54, 1.807) is 43.6 Å². The second-order valence-electron chi connectivity index (χ2n) is 18.5. The maximum Gasteiger partial charge on any atom is 0.264 e. The van der Waals surface area contributed by atoms with Crippen molar-refractivity contribution in [3.05, 3.63) is 102 Å². The number of imide groups is 2. The zero-order valence-electron chi connectivity index (χ0n) is 38.7. The number of carbonyl (C=O) groups excluding carboxylic acids is 6. The number of nitrogens with one attached hydrogen (secondary N) is 4. The van der Waals surface area contributed by atoms with Gasteiger partial charge in [0.25, 0.3) is 11.8 Å². The van der Waals surface area contributed by atoms with Gasteiger partial charge in [-0.05, 0) is 105 Å². The average Bonchev–Trinajstić information content (AvgIpc) is 4.15. The van der Waals surface area contributed by atoms with Crippen molar-refractivity contribution in [2.45, 2.75) is 44.6 Å². The summed E-state index contributed by atoms with van der Waals surface area (Å²) < 4.78 is 25.6. The van der Waals surface area contributed by atoms with Crippen LogP contribution < -0.4 is 35.6 Å². The van der Waals surface area contributed by atoms with Gasteiger partial charge in [-0.3, -0.25) is 53.9 Å². The zero-order chi connectivity index (χ0) is 48.5. The van der Waals surface area contributed by atoms with Crippen molar-refractivity contribution in [3.63, 3.8) is 0 Å². The van der Waals surface area contributed by atoms with Crippen LogP contribution in [0.2, 0.25) is 0 Å². The molecular weight excluding hydrogens is 900 g/mol. The third-order valence-electron chi connectivity index (χ3n) is 14.1. The van der Waals surface area contributed by atoms with E-state index in [2.05, 4.69) is 52.0 Å². The van der Waals surface area contributed by atoms with E-state index in [0.717, 1.165) is 92.4 Å². The fourth-order valence-electron chi connectivity index (χ4n) is 9.89. The van der Waals surface area contributed by atoms with Gasteiger partial charge in [-0.2, -0.15) is 0 Å². The summed E-state index contributed by atoms with van der Waals surface area (Å²) in [5.41, 5.74) is 2.34. The molecule has 6 amide bonds. The molecule has 6 heterocycles. The first kappa shape index (κ1) is 46.2. The summed E-state index contributed by atoms with van der Waals surface area (Å²) in [6.07, 6.45) is 7.68. The van der Waals surface area contributed by atoms with Crippen LogP contribution in [0.5, 0.6) is 17.2 Å². The van der Waals surface area contributed by atoms with Gasteiger partial charge in [0.15, 0.2) is 0 Å². The smallest absolute Gasteiger partial charge is 0.264 e. The van der Waals surface area contributed by atoms with Crippen molar-refractivity contribution >= 4 is 69.1 Å². The van der Waals surface area contributed by atoms with Gasteiger partial charge in [-0.15, -0.1) is 0 Å². The Labute approximate surface area is 402 Å². The summed E-state index contributed by atoms with van der Waals surface area (Å²) in [6, 6.07) is 17.2. The maximum absolute atomic E-state index is 13.5. The summed E-state index contributed by atoms with van der Waals surface area (Å²) in [4.78, 5) is 94.2. The molecule has 70 heavy (non-hydrogen) atoms. The Kier molecular flexibility index (Phi) is 12.9. The molecule has 5 aliphatic rings. The van der Waals surface area contributed by atoms with E-state index < -0.39 is 52.7 Å². The molecule has 4 N–H and O–H groups in total. The number of benzene rings is 3. The largest absolute Gasteiger partial charge is 0.495 e. The number of fused-ring (bicyclic) bond motifs is 2. The van der Waals surface area contributed by atoms with Crippen LogP contribution in [-0.2, 0) is 19.2 Å². The van der Waals surface area contributed by atoms with Crippen LogP contribution in [0, 0.1) is 17.2 Å². The minimum atomic E-state index is -1.18. The summed E-state index contributed by atoms with van der Waals surface area (Å²) in [7, 11) is 1.67. The zero-order valence-corrected chi connectivity index (χ0v) is 38.7. The molecule has 362 valence electrons. The third-order valence-corrected chi connectivity index (χ3v) is 14.1. The van der Waals surface area contributed by atoms with Crippen molar-refractivity contribution in [2.75, 3.05) is 86.9 Å². The molecule has 1 atom stereocenters. The van der Waals surface area contributed by atoms with Gasteiger partial charge in [-0.25, -0.2) is 4.39 Å². The minimum absolute atomic E-state index is 0.0589. The highest BCUT2D eigenvalue weighted by Gasteiger charge is 2.56.